The summed E-state index contributed by atoms with van der Waals surface area (Å²) in [6.07, 6.45) is 6.94. The zero-order chi connectivity index (χ0) is 6.69. The van der Waals surface area contributed by atoms with Crippen molar-refractivity contribution in [3.8, 4) is 0 Å². The summed E-state index contributed by atoms with van der Waals surface area (Å²) in [5, 5.41) is 0. The Hall–Kier alpha value is -1.18. The molecule has 0 fully saturated rings. The first-order chi connectivity index (χ1) is 4.34. The topological polar surface area (TPSA) is 34.1 Å². The molecule has 0 aromatic carbocycles. The van der Waals surface area contributed by atoms with Gasteiger partial charge >= 0.3 is 0 Å². The second kappa shape index (κ2) is 2.40. The first-order valence-corrected chi connectivity index (χ1v) is 2.68. The van der Waals surface area contributed by atoms with Gasteiger partial charge in [0.15, 0.2) is 5.78 Å². The number of hydrogen-bond donors (Lipinski definition) is 0. The Balaban J connectivity index is 2.77. The highest BCUT2D eigenvalue weighted by Crippen LogP contribution is 2.03. The van der Waals surface area contributed by atoms with Gasteiger partial charge in [-0.1, -0.05) is 18.2 Å². The van der Waals surface area contributed by atoms with E-state index in [1.807, 2.05) is 0 Å². The Morgan fingerprint density at radius 3 is 2.67 bits per heavy atom. The predicted molar refractivity (Wildman–Crippen MR) is 32.8 cm³/mol. The van der Waals surface area contributed by atoms with Crippen LogP contribution in [0.3, 0.4) is 0 Å². The van der Waals surface area contributed by atoms with Crippen molar-refractivity contribution >= 4 is 12.1 Å². The monoisotopic (exact) mass is 122 g/mol. The van der Waals surface area contributed by atoms with Crippen molar-refractivity contribution < 1.29 is 9.59 Å². The van der Waals surface area contributed by atoms with Gasteiger partial charge in [-0.05, 0) is 6.08 Å². The van der Waals surface area contributed by atoms with Crippen LogP contribution in [0.25, 0.3) is 0 Å². The summed E-state index contributed by atoms with van der Waals surface area (Å²) in [6.45, 7) is 0. The van der Waals surface area contributed by atoms with Gasteiger partial charge in [-0.25, -0.2) is 0 Å². The summed E-state index contributed by atoms with van der Waals surface area (Å²) < 4.78 is 0. The van der Waals surface area contributed by atoms with Gasteiger partial charge in [0.2, 0.25) is 0 Å². The molecule has 2 nitrogen and oxygen atoms in total. The van der Waals surface area contributed by atoms with Crippen molar-refractivity contribution in [1.29, 1.82) is 0 Å². The van der Waals surface area contributed by atoms with Crippen LogP contribution in [-0.2, 0) is 9.59 Å². The third-order valence-corrected chi connectivity index (χ3v) is 1.17. The highest BCUT2D eigenvalue weighted by Gasteiger charge is 2.11. The van der Waals surface area contributed by atoms with E-state index in [-0.39, 0.29) is 5.78 Å². The normalized spacial score (nSPS) is 24.4. The van der Waals surface area contributed by atoms with Crippen LogP contribution in [0.4, 0.5) is 0 Å². The minimum atomic E-state index is -0.532. The maximum atomic E-state index is 10.7. The number of carbonyl (C=O) groups is 2. The van der Waals surface area contributed by atoms with Crippen molar-refractivity contribution in [3.63, 3.8) is 0 Å². The summed E-state index contributed by atoms with van der Waals surface area (Å²) in [6, 6.07) is 0. The SMILES string of the molecule is O=CC1C=CC=CC1=O. The van der Waals surface area contributed by atoms with Crippen LogP contribution in [0.2, 0.25) is 0 Å². The van der Waals surface area contributed by atoms with Crippen molar-refractivity contribution in [2.45, 2.75) is 0 Å². The molecule has 0 amide bonds. The lowest BCUT2D eigenvalue weighted by atomic mass is 10.0. The van der Waals surface area contributed by atoms with Crippen LogP contribution < -0.4 is 0 Å². The van der Waals surface area contributed by atoms with Gasteiger partial charge in [0, 0.05) is 0 Å². The molecule has 0 bridgehead atoms. The standard InChI is InChI=1S/C7H6O2/c8-5-6-3-1-2-4-7(6)9/h1-6H. The van der Waals surface area contributed by atoms with Crippen LogP contribution in [0.5, 0.6) is 0 Å². The third kappa shape index (κ3) is 1.13. The summed E-state index contributed by atoms with van der Waals surface area (Å²) in [5.74, 6) is -0.664. The summed E-state index contributed by atoms with van der Waals surface area (Å²) in [7, 11) is 0. The molecule has 1 aliphatic rings. The van der Waals surface area contributed by atoms with Crippen LogP contribution >= 0.6 is 0 Å². The quantitative estimate of drug-likeness (QED) is 0.375. The van der Waals surface area contributed by atoms with E-state index in [1.165, 1.54) is 6.08 Å². The van der Waals surface area contributed by atoms with Gasteiger partial charge in [-0.3, -0.25) is 4.79 Å². The number of rotatable bonds is 1. The molecule has 0 heterocycles. The van der Waals surface area contributed by atoms with Crippen molar-refractivity contribution in [3.05, 3.63) is 24.3 Å². The molecular formula is C7H6O2. The van der Waals surface area contributed by atoms with E-state index >= 15 is 0 Å². The van der Waals surface area contributed by atoms with Crippen molar-refractivity contribution in [1.82, 2.24) is 0 Å². The summed E-state index contributed by atoms with van der Waals surface area (Å²) >= 11 is 0. The lowest BCUT2D eigenvalue weighted by Crippen LogP contribution is -2.11. The predicted octanol–water partition coefficient (Wildman–Crippen LogP) is 0.497. The molecule has 46 valence electrons. The Morgan fingerprint density at radius 2 is 2.22 bits per heavy atom. The fourth-order valence-electron chi connectivity index (χ4n) is 0.653. The second-order valence-electron chi connectivity index (χ2n) is 1.81. The van der Waals surface area contributed by atoms with Crippen LogP contribution in [0.15, 0.2) is 24.3 Å². The molecule has 9 heavy (non-hydrogen) atoms. The zero-order valence-corrected chi connectivity index (χ0v) is 4.78. The molecule has 0 spiro atoms. The smallest absolute Gasteiger partial charge is 0.169 e. The maximum absolute atomic E-state index is 10.7. The fraction of sp³-hybridized carbons (Fsp3) is 0.143. The Bertz CT molecular complexity index is 189. The molecule has 0 aliphatic heterocycles. The van der Waals surface area contributed by atoms with Gasteiger partial charge < -0.3 is 4.79 Å². The number of hydrogen-bond acceptors (Lipinski definition) is 2. The average Bonchev–Trinajstić information content (AvgIpc) is 1.89. The van der Waals surface area contributed by atoms with Crippen molar-refractivity contribution in [2.75, 3.05) is 0 Å². The molecule has 2 heteroatoms. The average molecular weight is 122 g/mol. The van der Waals surface area contributed by atoms with Gasteiger partial charge in [-0.2, -0.15) is 0 Å². The molecule has 1 unspecified atom stereocenters. The van der Waals surface area contributed by atoms with Crippen LogP contribution in [0, 0.1) is 5.92 Å². The first kappa shape index (κ1) is 5.95. The van der Waals surface area contributed by atoms with E-state index in [0.717, 1.165) is 0 Å². The first-order valence-electron chi connectivity index (χ1n) is 2.68. The lowest BCUT2D eigenvalue weighted by molar-refractivity contribution is -0.122. The highest BCUT2D eigenvalue weighted by molar-refractivity contribution is 6.03. The molecule has 1 rings (SSSR count). The zero-order valence-electron chi connectivity index (χ0n) is 4.78. The minimum absolute atomic E-state index is 0.132. The molecule has 0 saturated carbocycles. The van der Waals surface area contributed by atoms with E-state index in [0.29, 0.717) is 6.29 Å². The van der Waals surface area contributed by atoms with E-state index in [1.54, 1.807) is 18.2 Å². The molecular weight excluding hydrogens is 116 g/mol. The van der Waals surface area contributed by atoms with Crippen molar-refractivity contribution in [2.24, 2.45) is 5.92 Å². The summed E-state index contributed by atoms with van der Waals surface area (Å²) in [4.78, 5) is 20.7. The largest absolute Gasteiger partial charge is 0.302 e. The molecule has 1 aliphatic carbocycles. The van der Waals surface area contributed by atoms with E-state index < -0.39 is 5.92 Å². The van der Waals surface area contributed by atoms with E-state index in [9.17, 15) is 9.59 Å². The fourth-order valence-corrected chi connectivity index (χ4v) is 0.653. The van der Waals surface area contributed by atoms with Gasteiger partial charge in [0.25, 0.3) is 0 Å². The number of carbonyl (C=O) groups excluding carboxylic acids is 2. The van der Waals surface area contributed by atoms with Crippen LogP contribution in [-0.4, -0.2) is 12.1 Å². The van der Waals surface area contributed by atoms with E-state index in [4.69, 9.17) is 0 Å². The minimum Gasteiger partial charge on any atom is -0.302 e. The van der Waals surface area contributed by atoms with E-state index in [2.05, 4.69) is 0 Å². The lowest BCUT2D eigenvalue weighted by Gasteiger charge is -2.00. The molecule has 0 aromatic heterocycles. The number of aldehydes is 1. The van der Waals surface area contributed by atoms with Crippen LogP contribution in [0.1, 0.15) is 0 Å². The van der Waals surface area contributed by atoms with Gasteiger partial charge in [-0.15, -0.1) is 0 Å². The number of ketones is 1. The molecule has 1 atom stereocenters. The summed E-state index contributed by atoms with van der Waals surface area (Å²) in [5.41, 5.74) is 0. The Labute approximate surface area is 52.9 Å². The second-order valence-corrected chi connectivity index (χ2v) is 1.81. The van der Waals surface area contributed by atoms with Gasteiger partial charge in [0.05, 0.1) is 5.92 Å². The van der Waals surface area contributed by atoms with Gasteiger partial charge in [0.1, 0.15) is 6.29 Å². The molecule has 0 radical (unpaired) electrons. The Kier molecular flexibility index (Phi) is 1.58. The molecule has 0 aromatic rings. The Morgan fingerprint density at radius 1 is 1.44 bits per heavy atom. The molecule has 0 saturated heterocycles. The third-order valence-electron chi connectivity index (χ3n) is 1.17. The highest BCUT2D eigenvalue weighted by atomic mass is 16.1. The number of allylic oxidation sites excluding steroid dienone is 4. The molecule has 0 N–H and O–H groups in total. The maximum Gasteiger partial charge on any atom is 0.169 e.